The summed E-state index contributed by atoms with van der Waals surface area (Å²) in [6.07, 6.45) is 6.43. The minimum atomic E-state index is 0.685. The average Bonchev–Trinajstić information content (AvgIpc) is 2.79. The van der Waals surface area contributed by atoms with Crippen molar-refractivity contribution in [1.29, 1.82) is 0 Å². The van der Waals surface area contributed by atoms with Gasteiger partial charge in [-0.05, 0) is 31.1 Å². The van der Waals surface area contributed by atoms with E-state index in [4.69, 9.17) is 0 Å². The summed E-state index contributed by atoms with van der Waals surface area (Å²) in [5.41, 5.74) is 1.23. The third-order valence-electron chi connectivity index (χ3n) is 4.32. The third-order valence-corrected chi connectivity index (χ3v) is 5.27. The van der Waals surface area contributed by atoms with E-state index in [1.165, 1.54) is 36.4 Å². The van der Waals surface area contributed by atoms with Gasteiger partial charge in [0.15, 0.2) is 0 Å². The van der Waals surface area contributed by atoms with Gasteiger partial charge in [-0.1, -0.05) is 33.6 Å². The summed E-state index contributed by atoms with van der Waals surface area (Å²) in [4.78, 5) is 4.68. The molecule has 3 unspecified atom stereocenters. The monoisotopic (exact) mass is 266 g/mol. The van der Waals surface area contributed by atoms with Crippen LogP contribution in [0.4, 0.5) is 0 Å². The number of hydrogen-bond donors (Lipinski definition) is 1. The minimum absolute atomic E-state index is 0.685. The Labute approximate surface area is 115 Å². The van der Waals surface area contributed by atoms with Crippen molar-refractivity contribution in [2.24, 2.45) is 11.8 Å². The quantitative estimate of drug-likeness (QED) is 0.871. The highest BCUT2D eigenvalue weighted by molar-refractivity contribution is 7.09. The molecular weight excluding hydrogens is 240 g/mol. The molecular formula is C15H26N2S. The molecule has 0 aliphatic heterocycles. The first-order valence-corrected chi connectivity index (χ1v) is 8.25. The van der Waals surface area contributed by atoms with Crippen LogP contribution >= 0.6 is 11.3 Å². The summed E-state index contributed by atoms with van der Waals surface area (Å²) < 4.78 is 0. The molecule has 3 heteroatoms. The Morgan fingerprint density at radius 2 is 2.22 bits per heavy atom. The molecule has 1 heterocycles. The molecule has 1 saturated carbocycles. The molecule has 0 bridgehead atoms. The zero-order valence-electron chi connectivity index (χ0n) is 11.9. The first-order chi connectivity index (χ1) is 8.70. The Balaban J connectivity index is 1.82. The van der Waals surface area contributed by atoms with E-state index in [0.29, 0.717) is 6.04 Å². The number of nitrogens with one attached hydrogen (secondary N) is 1. The Morgan fingerprint density at radius 1 is 1.39 bits per heavy atom. The van der Waals surface area contributed by atoms with Crippen molar-refractivity contribution in [2.75, 3.05) is 0 Å². The summed E-state index contributed by atoms with van der Waals surface area (Å²) >= 11 is 1.81. The molecule has 1 aliphatic rings. The van der Waals surface area contributed by atoms with E-state index >= 15 is 0 Å². The summed E-state index contributed by atoms with van der Waals surface area (Å²) in [5.74, 6) is 1.66. The van der Waals surface area contributed by atoms with Crippen LogP contribution in [0.25, 0.3) is 0 Å². The van der Waals surface area contributed by atoms with E-state index < -0.39 is 0 Å². The van der Waals surface area contributed by atoms with Gasteiger partial charge in [0.2, 0.25) is 0 Å². The standard InChI is InChI=1S/C15H26N2S/c1-4-6-15-17-13(10-18-15)9-16-14-8-5-7-11(2)12(14)3/h10-12,14,16H,4-9H2,1-3H3. The molecule has 3 atom stereocenters. The van der Waals surface area contributed by atoms with Gasteiger partial charge in [0, 0.05) is 18.0 Å². The van der Waals surface area contributed by atoms with Crippen LogP contribution in [-0.2, 0) is 13.0 Å². The fourth-order valence-corrected chi connectivity index (χ4v) is 3.76. The van der Waals surface area contributed by atoms with Crippen LogP contribution in [0.3, 0.4) is 0 Å². The Bertz CT molecular complexity index is 361. The lowest BCUT2D eigenvalue weighted by Gasteiger charge is -2.34. The van der Waals surface area contributed by atoms with Crippen LogP contribution in [0.2, 0.25) is 0 Å². The van der Waals surface area contributed by atoms with Gasteiger partial charge < -0.3 is 5.32 Å². The molecule has 1 aromatic rings. The van der Waals surface area contributed by atoms with Crippen LogP contribution in [0, 0.1) is 11.8 Å². The molecule has 1 fully saturated rings. The van der Waals surface area contributed by atoms with E-state index in [0.717, 1.165) is 24.8 Å². The molecule has 0 amide bonds. The number of aryl methyl sites for hydroxylation is 1. The van der Waals surface area contributed by atoms with Crippen molar-refractivity contribution in [1.82, 2.24) is 10.3 Å². The van der Waals surface area contributed by atoms with Crippen LogP contribution in [0.5, 0.6) is 0 Å². The van der Waals surface area contributed by atoms with Gasteiger partial charge >= 0.3 is 0 Å². The van der Waals surface area contributed by atoms with Gasteiger partial charge in [-0.2, -0.15) is 0 Å². The summed E-state index contributed by atoms with van der Waals surface area (Å²) in [7, 11) is 0. The second-order valence-corrected chi connectivity index (χ2v) is 6.68. The topological polar surface area (TPSA) is 24.9 Å². The number of nitrogens with zero attached hydrogens (tertiary/aromatic N) is 1. The predicted octanol–water partition coefficient (Wildman–Crippen LogP) is 4.01. The SMILES string of the molecule is CCCc1nc(CNC2CCCC(C)C2C)cs1. The average molecular weight is 266 g/mol. The normalized spacial score (nSPS) is 28.5. The van der Waals surface area contributed by atoms with Crippen LogP contribution in [-0.4, -0.2) is 11.0 Å². The lowest BCUT2D eigenvalue weighted by atomic mass is 9.78. The van der Waals surface area contributed by atoms with Gasteiger partial charge in [0.1, 0.15) is 0 Å². The molecule has 1 N–H and O–H groups in total. The van der Waals surface area contributed by atoms with Crippen molar-refractivity contribution >= 4 is 11.3 Å². The molecule has 0 radical (unpaired) electrons. The molecule has 18 heavy (non-hydrogen) atoms. The number of aromatic nitrogens is 1. The molecule has 0 aromatic carbocycles. The largest absolute Gasteiger partial charge is 0.308 e. The highest BCUT2D eigenvalue weighted by Gasteiger charge is 2.26. The van der Waals surface area contributed by atoms with E-state index in [1.54, 1.807) is 0 Å². The fraction of sp³-hybridized carbons (Fsp3) is 0.800. The van der Waals surface area contributed by atoms with E-state index in [1.807, 2.05) is 11.3 Å². The smallest absolute Gasteiger partial charge is 0.0928 e. The molecule has 2 rings (SSSR count). The maximum Gasteiger partial charge on any atom is 0.0928 e. The van der Waals surface area contributed by atoms with E-state index in [9.17, 15) is 0 Å². The predicted molar refractivity (Wildman–Crippen MR) is 78.9 cm³/mol. The zero-order chi connectivity index (χ0) is 13.0. The maximum atomic E-state index is 4.68. The number of thiazole rings is 1. The fourth-order valence-electron chi connectivity index (χ4n) is 2.86. The van der Waals surface area contributed by atoms with Crippen LogP contribution in [0.15, 0.2) is 5.38 Å². The van der Waals surface area contributed by atoms with Crippen molar-refractivity contribution in [3.05, 3.63) is 16.1 Å². The van der Waals surface area contributed by atoms with E-state index in [-0.39, 0.29) is 0 Å². The van der Waals surface area contributed by atoms with Crippen molar-refractivity contribution in [3.63, 3.8) is 0 Å². The highest BCUT2D eigenvalue weighted by Crippen LogP contribution is 2.29. The lowest BCUT2D eigenvalue weighted by Crippen LogP contribution is -2.40. The molecule has 2 nitrogen and oxygen atoms in total. The molecule has 0 saturated heterocycles. The first kappa shape index (κ1) is 14.0. The van der Waals surface area contributed by atoms with Crippen molar-refractivity contribution < 1.29 is 0 Å². The maximum absolute atomic E-state index is 4.68. The lowest BCUT2D eigenvalue weighted by molar-refractivity contribution is 0.205. The van der Waals surface area contributed by atoms with Gasteiger partial charge in [-0.15, -0.1) is 11.3 Å². The van der Waals surface area contributed by atoms with Gasteiger partial charge in [-0.25, -0.2) is 4.98 Å². The van der Waals surface area contributed by atoms with Crippen molar-refractivity contribution in [2.45, 2.75) is 65.5 Å². The summed E-state index contributed by atoms with van der Waals surface area (Å²) in [6, 6.07) is 0.685. The number of rotatable bonds is 5. The molecule has 1 aromatic heterocycles. The van der Waals surface area contributed by atoms with Crippen LogP contribution in [0.1, 0.15) is 57.2 Å². The van der Waals surface area contributed by atoms with Gasteiger partial charge in [0.05, 0.1) is 10.7 Å². The summed E-state index contributed by atoms with van der Waals surface area (Å²) in [5, 5.41) is 7.23. The highest BCUT2D eigenvalue weighted by atomic mass is 32.1. The van der Waals surface area contributed by atoms with E-state index in [2.05, 4.69) is 36.5 Å². The molecule has 0 spiro atoms. The first-order valence-electron chi connectivity index (χ1n) is 7.37. The third kappa shape index (κ3) is 3.55. The second-order valence-electron chi connectivity index (χ2n) is 5.74. The minimum Gasteiger partial charge on any atom is -0.308 e. The Kier molecular flexibility index (Phi) is 5.19. The van der Waals surface area contributed by atoms with Gasteiger partial charge in [0.25, 0.3) is 0 Å². The second kappa shape index (κ2) is 6.67. The van der Waals surface area contributed by atoms with Gasteiger partial charge in [-0.3, -0.25) is 0 Å². The van der Waals surface area contributed by atoms with Crippen molar-refractivity contribution in [3.8, 4) is 0 Å². The number of hydrogen-bond acceptors (Lipinski definition) is 3. The molecule has 102 valence electrons. The molecule has 1 aliphatic carbocycles. The Morgan fingerprint density at radius 3 is 3.00 bits per heavy atom. The zero-order valence-corrected chi connectivity index (χ0v) is 12.7. The summed E-state index contributed by atoms with van der Waals surface area (Å²) in [6.45, 7) is 7.94. The Hall–Kier alpha value is -0.410. The van der Waals surface area contributed by atoms with Crippen LogP contribution < -0.4 is 5.32 Å².